The first-order chi connectivity index (χ1) is 8.18. The quantitative estimate of drug-likeness (QED) is 0.845. The molecule has 1 saturated heterocycles. The molecule has 5 heteroatoms. The molecular weight excluding hydrogens is 226 g/mol. The van der Waals surface area contributed by atoms with Crippen LogP contribution in [0.15, 0.2) is 24.3 Å². The molecule has 1 aromatic rings. The van der Waals surface area contributed by atoms with Gasteiger partial charge in [0.2, 0.25) is 0 Å². The Kier molecular flexibility index (Phi) is 3.91. The summed E-state index contributed by atoms with van der Waals surface area (Å²) in [5.41, 5.74) is 0.555. The Balaban J connectivity index is 2.18. The largest absolute Gasteiger partial charge is 0.508 e. The second-order valence-corrected chi connectivity index (χ2v) is 4.16. The minimum atomic E-state index is -2.42. The zero-order valence-corrected chi connectivity index (χ0v) is 9.44. The number of phenols is 1. The van der Waals surface area contributed by atoms with Gasteiger partial charge in [0.1, 0.15) is 5.75 Å². The SMILES string of the molecule is Oc1ccc([C@@H](C(F)F)N2CCNCC2)cc1. The first-order valence-electron chi connectivity index (χ1n) is 5.70. The maximum absolute atomic E-state index is 13.1. The molecule has 0 aliphatic carbocycles. The predicted octanol–water partition coefficient (Wildman–Crippen LogP) is 1.60. The molecule has 2 rings (SSSR count). The summed E-state index contributed by atoms with van der Waals surface area (Å²) < 4.78 is 26.3. The summed E-state index contributed by atoms with van der Waals surface area (Å²) in [6, 6.07) is 5.15. The third-order valence-corrected chi connectivity index (χ3v) is 3.02. The van der Waals surface area contributed by atoms with Crippen LogP contribution in [0.4, 0.5) is 8.78 Å². The number of aromatic hydroxyl groups is 1. The number of nitrogens with one attached hydrogen (secondary N) is 1. The number of piperazine rings is 1. The Morgan fingerprint density at radius 1 is 1.12 bits per heavy atom. The van der Waals surface area contributed by atoms with Gasteiger partial charge in [-0.2, -0.15) is 0 Å². The number of hydrogen-bond acceptors (Lipinski definition) is 3. The van der Waals surface area contributed by atoms with Gasteiger partial charge < -0.3 is 10.4 Å². The zero-order valence-electron chi connectivity index (χ0n) is 9.44. The molecule has 1 aliphatic heterocycles. The van der Waals surface area contributed by atoms with E-state index in [0.29, 0.717) is 18.7 Å². The van der Waals surface area contributed by atoms with Crippen molar-refractivity contribution in [2.45, 2.75) is 12.5 Å². The Morgan fingerprint density at radius 3 is 2.24 bits per heavy atom. The van der Waals surface area contributed by atoms with Crippen molar-refractivity contribution in [3.05, 3.63) is 29.8 Å². The molecule has 1 atom stereocenters. The average molecular weight is 242 g/mol. The van der Waals surface area contributed by atoms with Crippen molar-refractivity contribution < 1.29 is 13.9 Å². The van der Waals surface area contributed by atoms with Crippen LogP contribution < -0.4 is 5.32 Å². The van der Waals surface area contributed by atoms with Gasteiger partial charge in [0.05, 0.1) is 6.04 Å². The highest BCUT2D eigenvalue weighted by atomic mass is 19.3. The van der Waals surface area contributed by atoms with E-state index in [1.807, 2.05) is 0 Å². The van der Waals surface area contributed by atoms with Crippen LogP contribution in [0.5, 0.6) is 5.75 Å². The fraction of sp³-hybridized carbons (Fsp3) is 0.500. The molecule has 1 heterocycles. The van der Waals surface area contributed by atoms with E-state index < -0.39 is 12.5 Å². The number of benzene rings is 1. The van der Waals surface area contributed by atoms with E-state index in [-0.39, 0.29) is 5.75 Å². The number of rotatable bonds is 3. The predicted molar refractivity (Wildman–Crippen MR) is 61.3 cm³/mol. The van der Waals surface area contributed by atoms with Gasteiger partial charge in [0.15, 0.2) is 0 Å². The van der Waals surface area contributed by atoms with Gasteiger partial charge in [0.25, 0.3) is 6.43 Å². The molecule has 1 aliphatic rings. The summed E-state index contributed by atoms with van der Waals surface area (Å²) in [6.07, 6.45) is -2.42. The minimum Gasteiger partial charge on any atom is -0.508 e. The third kappa shape index (κ3) is 2.92. The lowest BCUT2D eigenvalue weighted by Gasteiger charge is -2.34. The molecule has 1 aromatic carbocycles. The zero-order chi connectivity index (χ0) is 12.3. The Morgan fingerprint density at radius 2 is 1.71 bits per heavy atom. The molecule has 0 aromatic heterocycles. The van der Waals surface area contributed by atoms with Gasteiger partial charge in [0, 0.05) is 26.2 Å². The van der Waals surface area contributed by atoms with Gasteiger partial charge in [-0.1, -0.05) is 12.1 Å². The maximum Gasteiger partial charge on any atom is 0.258 e. The molecule has 0 amide bonds. The summed E-state index contributed by atoms with van der Waals surface area (Å²) in [5, 5.41) is 12.3. The lowest BCUT2D eigenvalue weighted by molar-refractivity contribution is 0.0181. The molecule has 0 radical (unpaired) electrons. The fourth-order valence-electron chi connectivity index (χ4n) is 2.15. The highest BCUT2D eigenvalue weighted by Gasteiger charge is 2.29. The monoisotopic (exact) mass is 242 g/mol. The van der Waals surface area contributed by atoms with Crippen molar-refractivity contribution in [3.8, 4) is 5.75 Å². The van der Waals surface area contributed by atoms with Crippen LogP contribution in [0.3, 0.4) is 0 Å². The second-order valence-electron chi connectivity index (χ2n) is 4.16. The topological polar surface area (TPSA) is 35.5 Å². The highest BCUT2D eigenvalue weighted by Crippen LogP contribution is 2.28. The smallest absolute Gasteiger partial charge is 0.258 e. The molecule has 3 nitrogen and oxygen atoms in total. The number of alkyl halides is 2. The van der Waals surface area contributed by atoms with Gasteiger partial charge in [-0.15, -0.1) is 0 Å². The molecule has 0 spiro atoms. The van der Waals surface area contributed by atoms with Gasteiger partial charge in [-0.05, 0) is 17.7 Å². The van der Waals surface area contributed by atoms with Crippen molar-refractivity contribution >= 4 is 0 Å². The van der Waals surface area contributed by atoms with E-state index in [9.17, 15) is 13.9 Å². The maximum atomic E-state index is 13.1. The minimum absolute atomic E-state index is 0.0991. The number of nitrogens with zero attached hydrogens (tertiary/aromatic N) is 1. The highest BCUT2D eigenvalue weighted by molar-refractivity contribution is 5.28. The van der Waals surface area contributed by atoms with Gasteiger partial charge in [-0.25, -0.2) is 8.78 Å². The van der Waals surface area contributed by atoms with Crippen molar-refractivity contribution in [3.63, 3.8) is 0 Å². The normalized spacial score (nSPS) is 19.5. The van der Waals surface area contributed by atoms with E-state index in [4.69, 9.17) is 0 Å². The Labute approximate surface area is 99.1 Å². The lowest BCUT2D eigenvalue weighted by Crippen LogP contribution is -2.46. The summed E-state index contributed by atoms with van der Waals surface area (Å²) >= 11 is 0. The number of phenolic OH excluding ortho intramolecular Hbond substituents is 1. The molecular formula is C12H16F2N2O. The van der Waals surface area contributed by atoms with Crippen molar-refractivity contribution in [1.82, 2.24) is 10.2 Å². The van der Waals surface area contributed by atoms with Crippen LogP contribution in [0.2, 0.25) is 0 Å². The summed E-state index contributed by atoms with van der Waals surface area (Å²) in [4.78, 5) is 1.79. The van der Waals surface area contributed by atoms with Crippen molar-refractivity contribution in [1.29, 1.82) is 0 Å². The molecule has 2 N–H and O–H groups in total. The average Bonchev–Trinajstić information content (AvgIpc) is 2.33. The molecule has 1 fully saturated rings. The van der Waals surface area contributed by atoms with Gasteiger partial charge >= 0.3 is 0 Å². The van der Waals surface area contributed by atoms with Crippen LogP contribution in [0.25, 0.3) is 0 Å². The van der Waals surface area contributed by atoms with Crippen molar-refractivity contribution in [2.75, 3.05) is 26.2 Å². The number of halogens is 2. The Hall–Kier alpha value is -1.20. The summed E-state index contributed by atoms with van der Waals surface area (Å²) in [7, 11) is 0. The van der Waals surface area contributed by atoms with Crippen LogP contribution in [-0.2, 0) is 0 Å². The molecule has 94 valence electrons. The van der Waals surface area contributed by atoms with E-state index in [0.717, 1.165) is 13.1 Å². The van der Waals surface area contributed by atoms with Crippen molar-refractivity contribution in [2.24, 2.45) is 0 Å². The van der Waals surface area contributed by atoms with Crippen LogP contribution in [0, 0.1) is 0 Å². The Bertz CT molecular complexity index is 350. The van der Waals surface area contributed by atoms with Crippen LogP contribution >= 0.6 is 0 Å². The van der Waals surface area contributed by atoms with E-state index in [1.165, 1.54) is 12.1 Å². The molecule has 17 heavy (non-hydrogen) atoms. The lowest BCUT2D eigenvalue weighted by atomic mass is 10.0. The molecule has 0 bridgehead atoms. The third-order valence-electron chi connectivity index (χ3n) is 3.02. The van der Waals surface area contributed by atoms with E-state index in [1.54, 1.807) is 17.0 Å². The van der Waals surface area contributed by atoms with E-state index in [2.05, 4.69) is 5.32 Å². The molecule has 0 saturated carbocycles. The van der Waals surface area contributed by atoms with Gasteiger partial charge in [-0.3, -0.25) is 4.90 Å². The first kappa shape index (κ1) is 12.3. The van der Waals surface area contributed by atoms with E-state index >= 15 is 0 Å². The number of hydrogen-bond donors (Lipinski definition) is 2. The summed E-state index contributed by atoms with van der Waals surface area (Å²) in [6.45, 7) is 2.72. The standard InChI is InChI=1S/C12H16F2N2O/c13-12(14)11(16-7-5-15-6-8-16)9-1-3-10(17)4-2-9/h1-4,11-12,15,17H,5-8H2/t11-/m0/s1. The van der Waals surface area contributed by atoms with Crippen LogP contribution in [-0.4, -0.2) is 42.6 Å². The first-order valence-corrected chi connectivity index (χ1v) is 5.70. The second kappa shape index (κ2) is 5.42. The van der Waals surface area contributed by atoms with Crippen LogP contribution in [0.1, 0.15) is 11.6 Å². The molecule has 0 unspecified atom stereocenters. The fourth-order valence-corrected chi connectivity index (χ4v) is 2.15. The summed E-state index contributed by atoms with van der Waals surface area (Å²) in [5.74, 6) is 0.0991.